The normalized spacial score (nSPS) is 13.2. The minimum Gasteiger partial charge on any atom is -0.456 e. The van der Waals surface area contributed by atoms with Crippen LogP contribution in [-0.4, -0.2) is 0 Å². The highest BCUT2D eigenvalue weighted by Gasteiger charge is 2.37. The van der Waals surface area contributed by atoms with Gasteiger partial charge in [0.05, 0.1) is 5.39 Å². The van der Waals surface area contributed by atoms with E-state index in [2.05, 4.69) is 183 Å². The molecule has 4 heteroatoms. The minimum atomic E-state index is -0.332. The maximum Gasteiger partial charge on any atom is 0.143 e. The van der Waals surface area contributed by atoms with E-state index in [1.54, 1.807) is 0 Å². The molecule has 0 saturated carbocycles. The van der Waals surface area contributed by atoms with Gasteiger partial charge in [-0.05, 0) is 82.9 Å². The van der Waals surface area contributed by atoms with Crippen molar-refractivity contribution in [3.63, 3.8) is 0 Å². The van der Waals surface area contributed by atoms with E-state index in [0.29, 0.717) is 0 Å². The Morgan fingerprint density at radius 3 is 1.95 bits per heavy atom. The summed E-state index contributed by atoms with van der Waals surface area (Å²) < 4.78 is 15.7. The number of anilines is 3. The van der Waals surface area contributed by atoms with Crippen molar-refractivity contribution < 1.29 is 9.15 Å². The number of benzene rings is 8. The molecular formula is C51H35NO2S. The molecule has 0 radical (unpaired) electrons. The van der Waals surface area contributed by atoms with Crippen LogP contribution in [-0.2, 0) is 5.41 Å². The fourth-order valence-electron chi connectivity index (χ4n) is 8.52. The summed E-state index contributed by atoms with van der Waals surface area (Å²) in [6.45, 7) is 4.60. The predicted octanol–water partition coefficient (Wildman–Crippen LogP) is 15.2. The van der Waals surface area contributed by atoms with E-state index in [4.69, 9.17) is 9.15 Å². The summed E-state index contributed by atoms with van der Waals surface area (Å²) in [5.41, 5.74) is 11.8. The highest BCUT2D eigenvalue weighted by Crippen LogP contribution is 2.53. The fourth-order valence-corrected chi connectivity index (χ4v) is 9.76. The van der Waals surface area contributed by atoms with E-state index >= 15 is 0 Å². The van der Waals surface area contributed by atoms with Gasteiger partial charge in [-0.25, -0.2) is 0 Å². The molecule has 0 amide bonds. The van der Waals surface area contributed by atoms with Gasteiger partial charge in [0, 0.05) is 59.2 Å². The maximum absolute atomic E-state index is 6.85. The number of ether oxygens (including phenoxy) is 1. The van der Waals surface area contributed by atoms with Crippen LogP contribution in [0.5, 0.6) is 11.5 Å². The zero-order valence-corrected chi connectivity index (χ0v) is 31.2. The molecule has 10 aromatic rings. The van der Waals surface area contributed by atoms with Gasteiger partial charge in [-0.3, -0.25) is 0 Å². The van der Waals surface area contributed by atoms with Crippen LogP contribution in [0, 0.1) is 0 Å². The zero-order chi connectivity index (χ0) is 36.7. The van der Waals surface area contributed by atoms with Crippen LogP contribution in [0.15, 0.2) is 180 Å². The van der Waals surface area contributed by atoms with E-state index in [0.717, 1.165) is 61.6 Å². The number of fused-ring (bicyclic) bond motifs is 9. The van der Waals surface area contributed by atoms with Gasteiger partial charge in [0.25, 0.3) is 0 Å². The Kier molecular flexibility index (Phi) is 7.07. The molecular weight excluding hydrogens is 691 g/mol. The van der Waals surface area contributed by atoms with Gasteiger partial charge in [-0.15, -0.1) is 11.3 Å². The van der Waals surface area contributed by atoms with Crippen LogP contribution in [0.1, 0.15) is 25.0 Å². The standard InChI is InChI=1S/C51H35NO2S/c1-51(2)42-28-30-46-48(41-14-6-8-17-44(41)53-46)49(42)54-45-29-27-37(31-43(45)51)52(35-23-19-33(20-24-35)32-11-4-3-5-12-32)36-25-21-34(22-26-36)38-15-10-16-40-39-13-7-9-18-47(39)55-50(38)40/h3-31H,1-2H3. The third kappa shape index (κ3) is 5.02. The van der Waals surface area contributed by atoms with Crippen LogP contribution in [0.3, 0.4) is 0 Å². The molecule has 3 nitrogen and oxygen atoms in total. The van der Waals surface area contributed by atoms with Crippen molar-refractivity contribution in [2.45, 2.75) is 19.3 Å². The van der Waals surface area contributed by atoms with Gasteiger partial charge in [0.15, 0.2) is 0 Å². The van der Waals surface area contributed by atoms with Crippen LogP contribution in [0.4, 0.5) is 17.1 Å². The number of hydrogen-bond donors (Lipinski definition) is 0. The Morgan fingerprint density at radius 1 is 0.491 bits per heavy atom. The van der Waals surface area contributed by atoms with Crippen molar-refractivity contribution in [2.24, 2.45) is 0 Å². The topological polar surface area (TPSA) is 25.6 Å². The quantitative estimate of drug-likeness (QED) is 0.177. The van der Waals surface area contributed by atoms with Crippen molar-refractivity contribution in [3.8, 4) is 33.8 Å². The molecule has 0 spiro atoms. The SMILES string of the molecule is CC1(C)c2cc(N(c3ccc(-c4ccccc4)cc3)c3ccc(-c4cccc5c4sc4ccccc45)cc3)ccc2Oc2c1ccc1oc3ccccc3c21. The maximum atomic E-state index is 6.85. The first-order valence-electron chi connectivity index (χ1n) is 18.7. The number of para-hydroxylation sites is 1. The molecule has 1 aliphatic heterocycles. The first kappa shape index (κ1) is 31.9. The summed E-state index contributed by atoms with van der Waals surface area (Å²) in [7, 11) is 0. The summed E-state index contributed by atoms with van der Waals surface area (Å²) in [5.74, 6) is 1.75. The molecule has 0 bridgehead atoms. The monoisotopic (exact) mass is 725 g/mol. The van der Waals surface area contributed by atoms with E-state index in [9.17, 15) is 0 Å². The van der Waals surface area contributed by atoms with Crippen LogP contribution < -0.4 is 9.64 Å². The third-order valence-electron chi connectivity index (χ3n) is 11.3. The largest absolute Gasteiger partial charge is 0.456 e. The van der Waals surface area contributed by atoms with Crippen LogP contribution >= 0.6 is 11.3 Å². The average molecular weight is 726 g/mol. The number of rotatable bonds is 5. The summed E-state index contributed by atoms with van der Waals surface area (Å²) >= 11 is 1.87. The summed E-state index contributed by atoms with van der Waals surface area (Å²) in [5, 5.41) is 4.73. The average Bonchev–Trinajstić information content (AvgIpc) is 3.81. The van der Waals surface area contributed by atoms with Crippen molar-refractivity contribution in [1.29, 1.82) is 0 Å². The Balaban J connectivity index is 1.03. The Labute approximate surface area is 323 Å². The number of nitrogens with zero attached hydrogens (tertiary/aromatic N) is 1. The third-order valence-corrected chi connectivity index (χ3v) is 12.6. The van der Waals surface area contributed by atoms with Gasteiger partial charge in [-0.1, -0.05) is 129 Å². The van der Waals surface area contributed by atoms with Crippen molar-refractivity contribution >= 4 is 70.5 Å². The molecule has 3 heterocycles. The van der Waals surface area contributed by atoms with E-state index in [1.807, 2.05) is 23.5 Å². The molecule has 0 N–H and O–H groups in total. The highest BCUT2D eigenvalue weighted by atomic mass is 32.1. The Morgan fingerprint density at radius 2 is 1.15 bits per heavy atom. The zero-order valence-electron chi connectivity index (χ0n) is 30.4. The van der Waals surface area contributed by atoms with Gasteiger partial charge < -0.3 is 14.1 Å². The lowest BCUT2D eigenvalue weighted by molar-refractivity contribution is 0.423. The molecule has 262 valence electrons. The predicted molar refractivity (Wildman–Crippen MR) is 231 cm³/mol. The second kappa shape index (κ2) is 12.2. The fraction of sp³-hybridized carbons (Fsp3) is 0.0588. The summed E-state index contributed by atoms with van der Waals surface area (Å²) in [4.78, 5) is 2.36. The summed E-state index contributed by atoms with van der Waals surface area (Å²) in [6, 6.07) is 63.0. The second-order valence-electron chi connectivity index (χ2n) is 14.9. The number of hydrogen-bond acceptors (Lipinski definition) is 4. The van der Waals surface area contributed by atoms with Crippen molar-refractivity contribution in [3.05, 3.63) is 187 Å². The highest BCUT2D eigenvalue weighted by molar-refractivity contribution is 7.26. The van der Waals surface area contributed by atoms with Gasteiger partial charge in [-0.2, -0.15) is 0 Å². The molecule has 0 unspecified atom stereocenters. The molecule has 0 aliphatic carbocycles. The molecule has 55 heavy (non-hydrogen) atoms. The van der Waals surface area contributed by atoms with Gasteiger partial charge in [0.1, 0.15) is 22.7 Å². The lowest BCUT2D eigenvalue weighted by atomic mass is 9.75. The van der Waals surface area contributed by atoms with Crippen LogP contribution in [0.25, 0.3) is 64.4 Å². The van der Waals surface area contributed by atoms with Crippen LogP contribution in [0.2, 0.25) is 0 Å². The first-order chi connectivity index (χ1) is 27.0. The molecule has 2 aromatic heterocycles. The molecule has 0 saturated heterocycles. The van der Waals surface area contributed by atoms with E-state index < -0.39 is 0 Å². The smallest absolute Gasteiger partial charge is 0.143 e. The molecule has 8 aromatic carbocycles. The Hall–Kier alpha value is -6.62. The molecule has 0 fully saturated rings. The molecule has 0 atom stereocenters. The Bertz CT molecular complexity index is 3080. The van der Waals surface area contributed by atoms with Gasteiger partial charge >= 0.3 is 0 Å². The lowest BCUT2D eigenvalue weighted by Crippen LogP contribution is -2.25. The second-order valence-corrected chi connectivity index (χ2v) is 15.9. The number of thiophene rings is 1. The van der Waals surface area contributed by atoms with E-state index in [-0.39, 0.29) is 5.41 Å². The molecule has 1 aliphatic rings. The van der Waals surface area contributed by atoms with Crippen molar-refractivity contribution in [1.82, 2.24) is 0 Å². The van der Waals surface area contributed by atoms with E-state index in [1.165, 1.54) is 42.4 Å². The summed E-state index contributed by atoms with van der Waals surface area (Å²) in [6.07, 6.45) is 0. The van der Waals surface area contributed by atoms with Gasteiger partial charge in [0.2, 0.25) is 0 Å². The number of furan rings is 1. The lowest BCUT2D eigenvalue weighted by Gasteiger charge is -2.36. The molecule has 11 rings (SSSR count). The van der Waals surface area contributed by atoms with Crippen molar-refractivity contribution in [2.75, 3.05) is 4.90 Å². The minimum absolute atomic E-state index is 0.332. The first-order valence-corrected chi connectivity index (χ1v) is 19.6.